The molecule has 1 aromatic carbocycles. The van der Waals surface area contributed by atoms with E-state index in [4.69, 9.17) is 21.1 Å². The molecule has 1 aromatic heterocycles. The summed E-state index contributed by atoms with van der Waals surface area (Å²) in [6, 6.07) is 8.56. The van der Waals surface area contributed by atoms with Crippen molar-refractivity contribution < 1.29 is 14.3 Å². The second-order valence-corrected chi connectivity index (χ2v) is 6.49. The number of hydrogen-bond donors (Lipinski definition) is 1. The van der Waals surface area contributed by atoms with Gasteiger partial charge in [-0.2, -0.15) is 0 Å². The van der Waals surface area contributed by atoms with Crippen molar-refractivity contribution in [1.82, 2.24) is 15.2 Å². The summed E-state index contributed by atoms with van der Waals surface area (Å²) in [5.74, 6) is 1.03. The second kappa shape index (κ2) is 7.72. The molecule has 0 fully saturated rings. The molecule has 0 aliphatic carbocycles. The Bertz CT molecular complexity index is 750. The van der Waals surface area contributed by atoms with Crippen molar-refractivity contribution in [3.05, 3.63) is 52.7 Å². The lowest BCUT2D eigenvalue weighted by Gasteiger charge is -2.13. The maximum atomic E-state index is 12.4. The molecule has 6 nitrogen and oxygen atoms in total. The minimum Gasteiger partial charge on any atom is -0.491 e. The minimum absolute atomic E-state index is 0.214. The highest BCUT2D eigenvalue weighted by atomic mass is 35.5. The topological polar surface area (TPSA) is 63.7 Å². The first-order chi connectivity index (χ1) is 12.0. The molecule has 2 heterocycles. The summed E-state index contributed by atoms with van der Waals surface area (Å²) in [6.07, 6.45) is 1.51. The molecular weight excluding hydrogens is 342 g/mol. The van der Waals surface area contributed by atoms with Gasteiger partial charge in [-0.25, -0.2) is 4.98 Å². The third-order valence-corrected chi connectivity index (χ3v) is 4.08. The molecule has 0 saturated carbocycles. The van der Waals surface area contributed by atoms with E-state index in [1.54, 1.807) is 18.2 Å². The first-order valence-corrected chi connectivity index (χ1v) is 8.37. The van der Waals surface area contributed by atoms with E-state index in [9.17, 15) is 4.79 Å². The van der Waals surface area contributed by atoms with Gasteiger partial charge in [-0.05, 0) is 38.4 Å². The maximum Gasteiger partial charge on any atom is 0.253 e. The number of carbonyl (C=O) groups excluding carboxylic acids is 1. The largest absolute Gasteiger partial charge is 0.491 e. The Kier molecular flexibility index (Phi) is 5.40. The van der Waals surface area contributed by atoms with Crippen LogP contribution in [-0.4, -0.2) is 49.6 Å². The highest BCUT2D eigenvalue weighted by Crippen LogP contribution is 2.34. The van der Waals surface area contributed by atoms with Gasteiger partial charge in [0, 0.05) is 29.4 Å². The second-order valence-electron chi connectivity index (χ2n) is 6.06. The van der Waals surface area contributed by atoms with E-state index in [-0.39, 0.29) is 11.9 Å². The summed E-state index contributed by atoms with van der Waals surface area (Å²) in [6.45, 7) is 1.73. The van der Waals surface area contributed by atoms with Crippen LogP contribution in [0.25, 0.3) is 0 Å². The van der Waals surface area contributed by atoms with Crippen LogP contribution in [0.3, 0.4) is 0 Å². The Morgan fingerprint density at radius 2 is 2.24 bits per heavy atom. The molecule has 25 heavy (non-hydrogen) atoms. The number of fused-ring (bicyclic) bond motifs is 1. The van der Waals surface area contributed by atoms with Gasteiger partial charge in [-0.3, -0.25) is 4.79 Å². The molecule has 132 valence electrons. The van der Waals surface area contributed by atoms with Crippen molar-refractivity contribution in [3.63, 3.8) is 0 Å². The van der Waals surface area contributed by atoms with Crippen molar-refractivity contribution in [2.24, 2.45) is 0 Å². The first kappa shape index (κ1) is 17.5. The van der Waals surface area contributed by atoms with Crippen LogP contribution in [0.15, 0.2) is 36.5 Å². The fourth-order valence-corrected chi connectivity index (χ4v) is 2.66. The summed E-state index contributed by atoms with van der Waals surface area (Å²) in [7, 11) is 3.95. The van der Waals surface area contributed by atoms with E-state index < -0.39 is 0 Å². The van der Waals surface area contributed by atoms with Gasteiger partial charge in [0.15, 0.2) is 0 Å². The summed E-state index contributed by atoms with van der Waals surface area (Å²) in [5.41, 5.74) is 1.35. The number of nitrogens with zero attached hydrogens (tertiary/aromatic N) is 2. The molecule has 2 aromatic rings. The van der Waals surface area contributed by atoms with E-state index in [1.165, 1.54) is 6.20 Å². The summed E-state index contributed by atoms with van der Waals surface area (Å²) in [4.78, 5) is 18.6. The zero-order valence-electron chi connectivity index (χ0n) is 14.2. The maximum absolute atomic E-state index is 12.4. The van der Waals surface area contributed by atoms with E-state index in [2.05, 4.69) is 10.3 Å². The van der Waals surface area contributed by atoms with Crippen molar-refractivity contribution >= 4 is 17.5 Å². The monoisotopic (exact) mass is 361 g/mol. The van der Waals surface area contributed by atoms with Gasteiger partial charge in [0.05, 0.1) is 11.6 Å². The van der Waals surface area contributed by atoms with E-state index in [1.807, 2.05) is 31.1 Å². The van der Waals surface area contributed by atoms with E-state index >= 15 is 0 Å². The zero-order valence-corrected chi connectivity index (χ0v) is 14.9. The van der Waals surface area contributed by atoms with Gasteiger partial charge >= 0.3 is 0 Å². The average Bonchev–Trinajstić information content (AvgIpc) is 2.97. The number of likely N-dealkylation sites (N-methyl/N-ethyl adjacent to an activating group) is 1. The van der Waals surface area contributed by atoms with Crippen LogP contribution in [0.1, 0.15) is 22.0 Å². The third-order valence-electron chi connectivity index (χ3n) is 3.85. The molecule has 1 amide bonds. The lowest BCUT2D eigenvalue weighted by atomic mass is 10.1. The van der Waals surface area contributed by atoms with Gasteiger partial charge in [0.1, 0.15) is 19.0 Å². The number of carbonyl (C=O) groups is 1. The molecule has 0 radical (unpaired) electrons. The van der Waals surface area contributed by atoms with Gasteiger partial charge in [-0.1, -0.05) is 11.6 Å². The predicted octanol–water partition coefficient (Wildman–Crippen LogP) is 2.54. The average molecular weight is 362 g/mol. The highest BCUT2D eigenvalue weighted by Gasteiger charge is 2.26. The van der Waals surface area contributed by atoms with Gasteiger partial charge in [-0.15, -0.1) is 0 Å². The van der Waals surface area contributed by atoms with Crippen molar-refractivity contribution in [2.45, 2.75) is 6.04 Å². The van der Waals surface area contributed by atoms with Crippen LogP contribution in [0.2, 0.25) is 5.02 Å². The van der Waals surface area contributed by atoms with Crippen molar-refractivity contribution in [1.29, 1.82) is 0 Å². The number of benzene rings is 1. The molecule has 0 spiro atoms. The Morgan fingerprint density at radius 1 is 1.40 bits per heavy atom. The van der Waals surface area contributed by atoms with Crippen LogP contribution < -0.4 is 14.8 Å². The Labute approximate surface area is 151 Å². The highest BCUT2D eigenvalue weighted by molar-refractivity contribution is 6.30. The molecular formula is C18H20ClN3O3. The van der Waals surface area contributed by atoms with Crippen LogP contribution in [0.5, 0.6) is 11.6 Å². The Hall–Kier alpha value is -2.31. The lowest BCUT2D eigenvalue weighted by molar-refractivity contribution is 0.0930. The lowest BCUT2D eigenvalue weighted by Crippen LogP contribution is -2.29. The van der Waals surface area contributed by atoms with Crippen LogP contribution in [0.4, 0.5) is 0 Å². The fourth-order valence-electron chi connectivity index (χ4n) is 2.48. The SMILES string of the molecule is CN(C)CCOc1ccc(C(=O)NC2COc3ccc(Cl)cc32)cn1. The van der Waals surface area contributed by atoms with Gasteiger partial charge < -0.3 is 19.7 Å². The summed E-state index contributed by atoms with van der Waals surface area (Å²) < 4.78 is 11.1. The molecule has 1 aliphatic rings. The molecule has 1 unspecified atom stereocenters. The van der Waals surface area contributed by atoms with E-state index in [0.717, 1.165) is 17.9 Å². The summed E-state index contributed by atoms with van der Waals surface area (Å²) >= 11 is 6.03. The van der Waals surface area contributed by atoms with E-state index in [0.29, 0.717) is 29.7 Å². The number of ether oxygens (including phenoxy) is 2. The molecule has 0 saturated heterocycles. The minimum atomic E-state index is -0.225. The molecule has 7 heteroatoms. The standard InChI is InChI=1S/C18H20ClN3O3/c1-22(2)7-8-24-17-6-3-12(10-20-17)18(23)21-15-11-25-16-5-4-13(19)9-14(15)16/h3-6,9-10,15H,7-8,11H2,1-2H3,(H,21,23). The number of aromatic nitrogens is 1. The number of rotatable bonds is 6. The molecule has 3 rings (SSSR count). The Morgan fingerprint density at radius 3 is 2.96 bits per heavy atom. The van der Waals surface area contributed by atoms with Crippen LogP contribution in [-0.2, 0) is 0 Å². The van der Waals surface area contributed by atoms with Crippen molar-refractivity contribution in [2.75, 3.05) is 33.9 Å². The predicted molar refractivity (Wildman–Crippen MR) is 95.4 cm³/mol. The normalized spacial score (nSPS) is 15.6. The van der Waals surface area contributed by atoms with Crippen LogP contribution in [0, 0.1) is 0 Å². The van der Waals surface area contributed by atoms with Crippen molar-refractivity contribution in [3.8, 4) is 11.6 Å². The van der Waals surface area contributed by atoms with Gasteiger partial charge in [0.2, 0.25) is 5.88 Å². The molecule has 0 bridgehead atoms. The number of nitrogens with one attached hydrogen (secondary N) is 1. The fraction of sp³-hybridized carbons (Fsp3) is 0.333. The molecule has 1 atom stereocenters. The summed E-state index contributed by atoms with van der Waals surface area (Å²) in [5, 5.41) is 3.56. The molecule has 1 N–H and O–H groups in total. The number of hydrogen-bond acceptors (Lipinski definition) is 5. The molecule has 1 aliphatic heterocycles. The smallest absolute Gasteiger partial charge is 0.253 e. The first-order valence-electron chi connectivity index (χ1n) is 7.99. The zero-order chi connectivity index (χ0) is 17.8. The number of amides is 1. The Balaban J connectivity index is 1.60. The van der Waals surface area contributed by atoms with Crippen LogP contribution >= 0.6 is 11.6 Å². The number of halogens is 1. The van der Waals surface area contributed by atoms with Gasteiger partial charge in [0.25, 0.3) is 5.91 Å². The number of pyridine rings is 1. The third kappa shape index (κ3) is 4.41. The quantitative estimate of drug-likeness (QED) is 0.856.